The third-order valence-corrected chi connectivity index (χ3v) is 4.90. The van der Waals surface area contributed by atoms with Gasteiger partial charge in [-0.1, -0.05) is 11.6 Å². The second kappa shape index (κ2) is 5.33. The molecule has 1 aromatic heterocycles. The first-order chi connectivity index (χ1) is 9.97. The molecule has 2 fully saturated rings. The SMILES string of the molecule is CC(=O)N1C[C@@H](NC(=O)c2n[nH]c(C)c2Cl)[C@H](C2CC2)C1. The number of aryl methyl sites for hydroxylation is 1. The minimum absolute atomic E-state index is 0.0121. The highest BCUT2D eigenvalue weighted by molar-refractivity contribution is 6.34. The number of amides is 2. The second-order valence-corrected chi connectivity index (χ2v) is 6.39. The van der Waals surface area contributed by atoms with Crippen LogP contribution >= 0.6 is 11.6 Å². The van der Waals surface area contributed by atoms with Crippen LogP contribution in [0.5, 0.6) is 0 Å². The van der Waals surface area contributed by atoms with E-state index < -0.39 is 0 Å². The molecule has 2 N–H and O–H groups in total. The van der Waals surface area contributed by atoms with E-state index in [1.807, 2.05) is 4.90 Å². The van der Waals surface area contributed by atoms with Crippen LogP contribution in [0.4, 0.5) is 0 Å². The summed E-state index contributed by atoms with van der Waals surface area (Å²) in [7, 11) is 0. The molecule has 2 atom stereocenters. The van der Waals surface area contributed by atoms with Crippen molar-refractivity contribution in [2.75, 3.05) is 13.1 Å². The third-order valence-electron chi connectivity index (χ3n) is 4.44. The number of hydrogen-bond donors (Lipinski definition) is 2. The Kier molecular flexibility index (Phi) is 3.65. The van der Waals surface area contributed by atoms with E-state index in [-0.39, 0.29) is 23.6 Å². The van der Waals surface area contributed by atoms with Crippen molar-refractivity contribution in [3.05, 3.63) is 16.4 Å². The molecule has 0 radical (unpaired) electrons. The zero-order valence-electron chi connectivity index (χ0n) is 12.1. The van der Waals surface area contributed by atoms with Crippen molar-refractivity contribution in [1.29, 1.82) is 0 Å². The van der Waals surface area contributed by atoms with E-state index in [0.29, 0.717) is 29.1 Å². The van der Waals surface area contributed by atoms with Crippen LogP contribution in [-0.2, 0) is 4.79 Å². The molecule has 1 saturated carbocycles. The van der Waals surface area contributed by atoms with Crippen LogP contribution in [-0.4, -0.2) is 46.0 Å². The number of nitrogens with one attached hydrogen (secondary N) is 2. The summed E-state index contributed by atoms with van der Waals surface area (Å²) >= 11 is 6.06. The largest absolute Gasteiger partial charge is 0.346 e. The minimum Gasteiger partial charge on any atom is -0.346 e. The fourth-order valence-corrected chi connectivity index (χ4v) is 3.21. The van der Waals surface area contributed by atoms with Crippen molar-refractivity contribution < 1.29 is 9.59 Å². The smallest absolute Gasteiger partial charge is 0.273 e. The van der Waals surface area contributed by atoms with Gasteiger partial charge in [0.15, 0.2) is 5.69 Å². The molecule has 7 heteroatoms. The Labute approximate surface area is 128 Å². The third kappa shape index (κ3) is 2.77. The highest BCUT2D eigenvalue weighted by Gasteiger charge is 2.44. The number of H-pyrrole nitrogens is 1. The standard InChI is InChI=1S/C14H19ClN4O2/c1-7-12(15)13(18-17-7)14(21)16-11-6-19(8(2)20)5-10(11)9-3-4-9/h9-11H,3-6H2,1-2H3,(H,16,21)(H,17,18)/t10-,11+/m0/s1. The van der Waals surface area contributed by atoms with Gasteiger partial charge in [0.05, 0.1) is 16.8 Å². The molecule has 114 valence electrons. The Bertz CT molecular complexity index is 582. The number of halogens is 1. The number of likely N-dealkylation sites (tertiary alicyclic amines) is 1. The van der Waals surface area contributed by atoms with Gasteiger partial charge in [0.25, 0.3) is 5.91 Å². The van der Waals surface area contributed by atoms with Crippen LogP contribution < -0.4 is 5.32 Å². The molecule has 21 heavy (non-hydrogen) atoms. The van der Waals surface area contributed by atoms with E-state index in [1.165, 1.54) is 12.8 Å². The van der Waals surface area contributed by atoms with E-state index in [1.54, 1.807) is 13.8 Å². The van der Waals surface area contributed by atoms with Gasteiger partial charge in [0, 0.05) is 25.9 Å². The lowest BCUT2D eigenvalue weighted by atomic mass is 9.98. The fourth-order valence-electron chi connectivity index (χ4n) is 3.04. The summed E-state index contributed by atoms with van der Waals surface area (Å²) in [5.74, 6) is 0.754. The molecule has 0 unspecified atom stereocenters. The quantitative estimate of drug-likeness (QED) is 0.885. The van der Waals surface area contributed by atoms with Gasteiger partial charge in [0.2, 0.25) is 5.91 Å². The molecule has 1 aliphatic heterocycles. The molecule has 1 aliphatic carbocycles. The van der Waals surface area contributed by atoms with Gasteiger partial charge < -0.3 is 10.2 Å². The molecular formula is C14H19ClN4O2. The van der Waals surface area contributed by atoms with E-state index in [4.69, 9.17) is 11.6 Å². The van der Waals surface area contributed by atoms with E-state index in [2.05, 4.69) is 15.5 Å². The Morgan fingerprint density at radius 2 is 2.10 bits per heavy atom. The summed E-state index contributed by atoms with van der Waals surface area (Å²) in [4.78, 5) is 25.7. The first-order valence-electron chi connectivity index (χ1n) is 7.24. The lowest BCUT2D eigenvalue weighted by Gasteiger charge is -2.18. The first kappa shape index (κ1) is 14.4. The first-order valence-corrected chi connectivity index (χ1v) is 7.62. The van der Waals surface area contributed by atoms with Gasteiger partial charge >= 0.3 is 0 Å². The molecule has 1 saturated heterocycles. The van der Waals surface area contributed by atoms with Crippen molar-refractivity contribution in [3.63, 3.8) is 0 Å². The maximum absolute atomic E-state index is 12.3. The number of carbonyl (C=O) groups excluding carboxylic acids is 2. The molecule has 2 amide bonds. The number of carbonyl (C=O) groups is 2. The van der Waals surface area contributed by atoms with Gasteiger partial charge in [0.1, 0.15) is 0 Å². The van der Waals surface area contributed by atoms with Crippen LogP contribution in [0.1, 0.15) is 35.9 Å². The van der Waals surface area contributed by atoms with E-state index in [0.717, 1.165) is 6.54 Å². The molecule has 6 nitrogen and oxygen atoms in total. The predicted molar refractivity (Wildman–Crippen MR) is 78.1 cm³/mol. The van der Waals surface area contributed by atoms with E-state index in [9.17, 15) is 9.59 Å². The summed E-state index contributed by atoms with van der Waals surface area (Å²) in [6, 6.07) is -0.0121. The number of hydrogen-bond acceptors (Lipinski definition) is 3. The summed E-state index contributed by atoms with van der Waals surface area (Å²) in [6.07, 6.45) is 2.37. The lowest BCUT2D eigenvalue weighted by Crippen LogP contribution is -2.41. The number of aromatic nitrogens is 2. The average Bonchev–Trinajstić information content (AvgIpc) is 3.11. The van der Waals surface area contributed by atoms with Crippen molar-refractivity contribution in [2.45, 2.75) is 32.7 Å². The Hall–Kier alpha value is -1.56. The van der Waals surface area contributed by atoms with Gasteiger partial charge in [-0.2, -0.15) is 5.10 Å². The Morgan fingerprint density at radius 3 is 2.62 bits per heavy atom. The van der Waals surface area contributed by atoms with E-state index >= 15 is 0 Å². The predicted octanol–water partition coefficient (Wildman–Crippen LogP) is 1.36. The molecule has 2 heterocycles. The lowest BCUT2D eigenvalue weighted by molar-refractivity contribution is -0.128. The van der Waals surface area contributed by atoms with Crippen LogP contribution in [0, 0.1) is 18.8 Å². The highest BCUT2D eigenvalue weighted by atomic mass is 35.5. The summed E-state index contributed by atoms with van der Waals surface area (Å²) in [5.41, 5.74) is 0.905. The van der Waals surface area contributed by atoms with Crippen molar-refractivity contribution in [1.82, 2.24) is 20.4 Å². The van der Waals surface area contributed by atoms with Gasteiger partial charge in [-0.3, -0.25) is 14.7 Å². The zero-order valence-corrected chi connectivity index (χ0v) is 12.9. The summed E-state index contributed by atoms with van der Waals surface area (Å²) in [5, 5.41) is 10.0. The summed E-state index contributed by atoms with van der Waals surface area (Å²) < 4.78 is 0. The molecule has 1 aromatic rings. The number of nitrogens with zero attached hydrogens (tertiary/aromatic N) is 2. The minimum atomic E-state index is -0.273. The highest BCUT2D eigenvalue weighted by Crippen LogP contribution is 2.41. The Morgan fingerprint density at radius 1 is 1.38 bits per heavy atom. The van der Waals surface area contributed by atoms with Crippen LogP contribution in [0.2, 0.25) is 5.02 Å². The molecule has 3 rings (SSSR count). The molecule has 2 aliphatic rings. The van der Waals surface area contributed by atoms with Crippen molar-refractivity contribution in [3.8, 4) is 0 Å². The maximum atomic E-state index is 12.3. The fraction of sp³-hybridized carbons (Fsp3) is 0.643. The normalized spacial score (nSPS) is 25.2. The van der Waals surface area contributed by atoms with Crippen molar-refractivity contribution >= 4 is 23.4 Å². The second-order valence-electron chi connectivity index (χ2n) is 6.02. The van der Waals surface area contributed by atoms with Crippen LogP contribution in [0.25, 0.3) is 0 Å². The monoisotopic (exact) mass is 310 g/mol. The number of rotatable bonds is 3. The molecule has 0 aromatic carbocycles. The van der Waals surface area contributed by atoms with Gasteiger partial charge in [-0.15, -0.1) is 0 Å². The summed E-state index contributed by atoms with van der Waals surface area (Å²) in [6.45, 7) is 4.65. The molecule has 0 bridgehead atoms. The van der Waals surface area contributed by atoms with Crippen LogP contribution in [0.3, 0.4) is 0 Å². The van der Waals surface area contributed by atoms with Gasteiger partial charge in [-0.05, 0) is 25.7 Å². The Balaban J connectivity index is 1.72. The van der Waals surface area contributed by atoms with Crippen molar-refractivity contribution in [2.24, 2.45) is 11.8 Å². The average molecular weight is 311 g/mol. The molecule has 0 spiro atoms. The van der Waals surface area contributed by atoms with Crippen LogP contribution in [0.15, 0.2) is 0 Å². The number of aromatic amines is 1. The topological polar surface area (TPSA) is 78.1 Å². The maximum Gasteiger partial charge on any atom is 0.273 e. The molecular weight excluding hydrogens is 292 g/mol. The van der Waals surface area contributed by atoms with Gasteiger partial charge in [-0.25, -0.2) is 0 Å². The zero-order chi connectivity index (χ0) is 15.1.